The van der Waals surface area contributed by atoms with Gasteiger partial charge in [0.2, 0.25) is 0 Å². The zero-order valence-corrected chi connectivity index (χ0v) is 13.3. The molecular weight excluding hydrogens is 248 g/mol. The zero-order chi connectivity index (χ0) is 14.6. The Bertz CT molecular complexity index is 443. The highest BCUT2D eigenvalue weighted by atomic mass is 16.5. The Morgan fingerprint density at radius 1 is 1.35 bits per heavy atom. The van der Waals surface area contributed by atoms with Gasteiger partial charge in [-0.2, -0.15) is 0 Å². The monoisotopic (exact) mass is 276 g/mol. The fourth-order valence-corrected chi connectivity index (χ4v) is 3.03. The van der Waals surface area contributed by atoms with Crippen molar-refractivity contribution in [2.45, 2.75) is 45.7 Å². The lowest BCUT2D eigenvalue weighted by Gasteiger charge is -2.34. The van der Waals surface area contributed by atoms with Crippen molar-refractivity contribution in [2.75, 3.05) is 31.7 Å². The summed E-state index contributed by atoms with van der Waals surface area (Å²) < 4.78 is 5.05. The van der Waals surface area contributed by atoms with E-state index in [4.69, 9.17) is 4.74 Å². The average Bonchev–Trinajstić information content (AvgIpc) is 2.76. The second-order valence-corrected chi connectivity index (χ2v) is 6.35. The number of benzene rings is 1. The molecule has 1 aromatic carbocycles. The van der Waals surface area contributed by atoms with Crippen molar-refractivity contribution in [3.63, 3.8) is 0 Å². The molecule has 20 heavy (non-hydrogen) atoms. The summed E-state index contributed by atoms with van der Waals surface area (Å²) in [5.74, 6) is 0. The lowest BCUT2D eigenvalue weighted by molar-refractivity contribution is 0.199. The highest BCUT2D eigenvalue weighted by molar-refractivity contribution is 5.53. The number of ether oxygens (including phenoxy) is 1. The molecule has 1 aromatic rings. The maximum absolute atomic E-state index is 5.05. The first kappa shape index (κ1) is 15.3. The summed E-state index contributed by atoms with van der Waals surface area (Å²) in [5.41, 5.74) is 4.41. The van der Waals surface area contributed by atoms with Crippen LogP contribution in [0.25, 0.3) is 0 Å². The van der Waals surface area contributed by atoms with Crippen LogP contribution < -0.4 is 10.2 Å². The van der Waals surface area contributed by atoms with Crippen LogP contribution in [0.4, 0.5) is 5.69 Å². The SMILES string of the molecule is COCCNCc1ccc(N2CCCC2(C)C)cc1C. The summed E-state index contributed by atoms with van der Waals surface area (Å²) in [6.45, 7) is 10.7. The number of nitrogens with one attached hydrogen (secondary N) is 1. The van der Waals surface area contributed by atoms with Crippen LogP contribution in [0.2, 0.25) is 0 Å². The van der Waals surface area contributed by atoms with Gasteiger partial charge in [-0.3, -0.25) is 0 Å². The molecule has 0 unspecified atom stereocenters. The average molecular weight is 276 g/mol. The molecule has 0 aliphatic carbocycles. The molecule has 0 atom stereocenters. The predicted molar refractivity (Wildman–Crippen MR) is 85.4 cm³/mol. The van der Waals surface area contributed by atoms with Crippen molar-refractivity contribution in [1.82, 2.24) is 5.32 Å². The number of aryl methyl sites for hydroxylation is 1. The zero-order valence-electron chi connectivity index (χ0n) is 13.3. The summed E-state index contributed by atoms with van der Waals surface area (Å²) >= 11 is 0. The molecule has 1 fully saturated rings. The third kappa shape index (κ3) is 3.53. The Kier molecular flexibility index (Phi) is 5.06. The van der Waals surface area contributed by atoms with E-state index in [1.165, 1.54) is 36.2 Å². The van der Waals surface area contributed by atoms with Crippen molar-refractivity contribution < 1.29 is 4.74 Å². The predicted octanol–water partition coefficient (Wildman–Crippen LogP) is 3.11. The van der Waals surface area contributed by atoms with Crippen molar-refractivity contribution in [2.24, 2.45) is 0 Å². The number of hydrogen-bond donors (Lipinski definition) is 1. The van der Waals surface area contributed by atoms with Gasteiger partial charge in [-0.15, -0.1) is 0 Å². The normalized spacial score (nSPS) is 17.7. The van der Waals surface area contributed by atoms with Crippen LogP contribution in [0.15, 0.2) is 18.2 Å². The maximum atomic E-state index is 5.05. The third-order valence-electron chi connectivity index (χ3n) is 4.34. The smallest absolute Gasteiger partial charge is 0.0587 e. The quantitative estimate of drug-likeness (QED) is 0.808. The highest BCUT2D eigenvalue weighted by Gasteiger charge is 2.31. The van der Waals surface area contributed by atoms with E-state index >= 15 is 0 Å². The first-order chi connectivity index (χ1) is 9.54. The van der Waals surface area contributed by atoms with Gasteiger partial charge in [0.15, 0.2) is 0 Å². The number of rotatable bonds is 6. The molecule has 2 rings (SSSR count). The fraction of sp³-hybridized carbons (Fsp3) is 0.647. The van der Waals surface area contributed by atoms with Crippen molar-refractivity contribution in [3.05, 3.63) is 29.3 Å². The van der Waals surface area contributed by atoms with E-state index in [-0.39, 0.29) is 0 Å². The van der Waals surface area contributed by atoms with Crippen LogP contribution in [0.5, 0.6) is 0 Å². The van der Waals surface area contributed by atoms with E-state index in [1.54, 1.807) is 7.11 Å². The molecule has 3 nitrogen and oxygen atoms in total. The molecule has 1 aliphatic rings. The Hall–Kier alpha value is -1.06. The Morgan fingerprint density at radius 2 is 2.15 bits per heavy atom. The van der Waals surface area contributed by atoms with Crippen LogP contribution in [0.1, 0.15) is 37.8 Å². The maximum Gasteiger partial charge on any atom is 0.0587 e. The molecule has 0 amide bonds. The summed E-state index contributed by atoms with van der Waals surface area (Å²) in [6, 6.07) is 6.87. The summed E-state index contributed by atoms with van der Waals surface area (Å²) in [4.78, 5) is 2.54. The van der Waals surface area contributed by atoms with Gasteiger partial charge in [0.1, 0.15) is 0 Å². The van der Waals surface area contributed by atoms with Gasteiger partial charge < -0.3 is 15.0 Å². The molecule has 0 spiro atoms. The van der Waals surface area contributed by atoms with Gasteiger partial charge in [0.05, 0.1) is 6.61 Å². The molecule has 1 heterocycles. The number of methoxy groups -OCH3 is 1. The van der Waals surface area contributed by atoms with Crippen LogP contribution in [0.3, 0.4) is 0 Å². The van der Waals surface area contributed by atoms with E-state index in [1.807, 2.05) is 0 Å². The van der Waals surface area contributed by atoms with Crippen LogP contribution in [-0.4, -0.2) is 32.3 Å². The minimum absolute atomic E-state index is 0.296. The summed E-state index contributed by atoms with van der Waals surface area (Å²) in [6.07, 6.45) is 2.58. The molecule has 1 aliphatic heterocycles. The van der Waals surface area contributed by atoms with E-state index in [9.17, 15) is 0 Å². The highest BCUT2D eigenvalue weighted by Crippen LogP contribution is 2.34. The number of hydrogen-bond acceptors (Lipinski definition) is 3. The Balaban J connectivity index is 2.02. The minimum atomic E-state index is 0.296. The van der Waals surface area contributed by atoms with Gasteiger partial charge in [0, 0.05) is 38.0 Å². The molecule has 0 bridgehead atoms. The molecule has 112 valence electrons. The molecular formula is C17H28N2O. The van der Waals surface area contributed by atoms with Gasteiger partial charge in [-0.25, -0.2) is 0 Å². The lowest BCUT2D eigenvalue weighted by Crippen LogP contribution is -2.38. The second-order valence-electron chi connectivity index (χ2n) is 6.35. The van der Waals surface area contributed by atoms with Crippen molar-refractivity contribution in [3.8, 4) is 0 Å². The molecule has 1 saturated heterocycles. The third-order valence-corrected chi connectivity index (χ3v) is 4.34. The molecule has 3 heteroatoms. The summed E-state index contributed by atoms with van der Waals surface area (Å²) in [5, 5.41) is 3.41. The van der Waals surface area contributed by atoms with Crippen LogP contribution in [-0.2, 0) is 11.3 Å². The van der Waals surface area contributed by atoms with E-state index in [0.29, 0.717) is 5.54 Å². The van der Waals surface area contributed by atoms with E-state index < -0.39 is 0 Å². The molecule has 0 saturated carbocycles. The number of anilines is 1. The topological polar surface area (TPSA) is 24.5 Å². The summed E-state index contributed by atoms with van der Waals surface area (Å²) in [7, 11) is 1.74. The molecule has 0 aromatic heterocycles. The lowest BCUT2D eigenvalue weighted by atomic mass is 10.0. The molecule has 1 N–H and O–H groups in total. The van der Waals surface area contributed by atoms with Crippen LogP contribution >= 0.6 is 0 Å². The standard InChI is InChI=1S/C17H28N2O/c1-14-12-16(19-10-5-8-17(19,2)3)7-6-15(14)13-18-9-11-20-4/h6-7,12,18H,5,8-11,13H2,1-4H3. The van der Waals surface area contributed by atoms with E-state index in [2.05, 4.69) is 49.2 Å². The Morgan fingerprint density at radius 3 is 2.75 bits per heavy atom. The Labute approximate surface area is 123 Å². The minimum Gasteiger partial charge on any atom is -0.383 e. The fourth-order valence-electron chi connectivity index (χ4n) is 3.03. The van der Waals surface area contributed by atoms with Gasteiger partial charge in [-0.05, 0) is 56.9 Å². The number of nitrogens with zero attached hydrogens (tertiary/aromatic N) is 1. The van der Waals surface area contributed by atoms with Crippen LogP contribution in [0, 0.1) is 6.92 Å². The first-order valence-electron chi connectivity index (χ1n) is 7.61. The first-order valence-corrected chi connectivity index (χ1v) is 7.61. The van der Waals surface area contributed by atoms with Crippen molar-refractivity contribution in [1.29, 1.82) is 0 Å². The largest absolute Gasteiger partial charge is 0.383 e. The van der Waals surface area contributed by atoms with Gasteiger partial charge in [-0.1, -0.05) is 6.07 Å². The second kappa shape index (κ2) is 6.59. The van der Waals surface area contributed by atoms with Gasteiger partial charge in [0.25, 0.3) is 0 Å². The van der Waals surface area contributed by atoms with E-state index in [0.717, 1.165) is 19.7 Å². The van der Waals surface area contributed by atoms with Crippen molar-refractivity contribution >= 4 is 5.69 Å². The molecule has 0 radical (unpaired) electrons. The van der Waals surface area contributed by atoms with Gasteiger partial charge >= 0.3 is 0 Å².